The molecule has 1 atom stereocenters. The van der Waals surface area contributed by atoms with Crippen LogP contribution in [-0.4, -0.2) is 43.7 Å². The first kappa shape index (κ1) is 14.9. The minimum atomic E-state index is -2.88. The van der Waals surface area contributed by atoms with E-state index in [1.807, 2.05) is 13.8 Å². The zero-order valence-corrected chi connectivity index (χ0v) is 12.4. The predicted molar refractivity (Wildman–Crippen MR) is 70.0 cm³/mol. The van der Waals surface area contributed by atoms with Gasteiger partial charge in [0.1, 0.15) is 0 Å². The number of rotatable bonds is 5. The molecule has 0 aromatic heterocycles. The summed E-state index contributed by atoms with van der Waals surface area (Å²) < 4.78 is 28.7. The summed E-state index contributed by atoms with van der Waals surface area (Å²) in [5, 5.41) is 3.31. The standard InChI is InChI=1S/C12H25NO3S/c1-6-17(14,15)8-7-13-10-9-11(2,3)16-12(10,4)5/h10,13H,6-9H2,1-5H3. The first-order chi connectivity index (χ1) is 7.58. The molecular weight excluding hydrogens is 238 g/mol. The normalized spacial score (nSPS) is 27.2. The summed E-state index contributed by atoms with van der Waals surface area (Å²) in [6, 6.07) is 0.213. The maximum atomic E-state index is 11.4. The monoisotopic (exact) mass is 263 g/mol. The van der Waals surface area contributed by atoms with Crippen LogP contribution in [0.2, 0.25) is 0 Å². The SMILES string of the molecule is CCS(=O)(=O)CCNC1CC(C)(C)OC1(C)C. The molecule has 1 saturated heterocycles. The molecule has 1 N–H and O–H groups in total. The third-order valence-corrected chi connectivity index (χ3v) is 5.02. The average Bonchev–Trinajstić information content (AvgIpc) is 2.34. The van der Waals surface area contributed by atoms with E-state index in [1.165, 1.54) is 0 Å². The highest BCUT2D eigenvalue weighted by molar-refractivity contribution is 7.91. The number of hydrogen-bond acceptors (Lipinski definition) is 4. The Morgan fingerprint density at radius 2 is 1.88 bits per heavy atom. The Morgan fingerprint density at radius 1 is 1.29 bits per heavy atom. The van der Waals surface area contributed by atoms with E-state index in [9.17, 15) is 8.42 Å². The minimum Gasteiger partial charge on any atom is -0.368 e. The van der Waals surface area contributed by atoms with Gasteiger partial charge in [-0.1, -0.05) is 6.92 Å². The van der Waals surface area contributed by atoms with Crippen LogP contribution in [0.15, 0.2) is 0 Å². The summed E-state index contributed by atoms with van der Waals surface area (Å²) in [7, 11) is -2.88. The highest BCUT2D eigenvalue weighted by Crippen LogP contribution is 2.37. The van der Waals surface area contributed by atoms with Gasteiger partial charge in [-0.3, -0.25) is 0 Å². The third kappa shape index (κ3) is 4.23. The van der Waals surface area contributed by atoms with E-state index in [4.69, 9.17) is 4.74 Å². The predicted octanol–water partition coefficient (Wildman–Crippen LogP) is 1.36. The van der Waals surface area contributed by atoms with Crippen molar-refractivity contribution in [2.24, 2.45) is 0 Å². The van der Waals surface area contributed by atoms with Gasteiger partial charge in [-0.2, -0.15) is 0 Å². The molecule has 102 valence electrons. The second-order valence-electron chi connectivity index (χ2n) is 5.91. The van der Waals surface area contributed by atoms with Crippen LogP contribution in [-0.2, 0) is 14.6 Å². The zero-order chi connectivity index (χ0) is 13.3. The van der Waals surface area contributed by atoms with Gasteiger partial charge in [0.2, 0.25) is 0 Å². The van der Waals surface area contributed by atoms with E-state index in [1.54, 1.807) is 6.92 Å². The summed E-state index contributed by atoms with van der Waals surface area (Å²) in [5.74, 6) is 0.418. The van der Waals surface area contributed by atoms with E-state index in [2.05, 4.69) is 19.2 Å². The Kier molecular flexibility index (Phi) is 4.27. The van der Waals surface area contributed by atoms with E-state index < -0.39 is 9.84 Å². The maximum Gasteiger partial charge on any atom is 0.151 e. The van der Waals surface area contributed by atoms with Gasteiger partial charge >= 0.3 is 0 Å². The molecule has 0 amide bonds. The van der Waals surface area contributed by atoms with Crippen molar-refractivity contribution in [3.05, 3.63) is 0 Å². The summed E-state index contributed by atoms with van der Waals surface area (Å²) in [4.78, 5) is 0. The quantitative estimate of drug-likeness (QED) is 0.813. The van der Waals surface area contributed by atoms with Gasteiger partial charge < -0.3 is 10.1 Å². The van der Waals surface area contributed by atoms with E-state index >= 15 is 0 Å². The molecular formula is C12H25NO3S. The first-order valence-corrected chi connectivity index (χ1v) is 8.04. The van der Waals surface area contributed by atoms with Crippen molar-refractivity contribution in [2.45, 2.75) is 58.3 Å². The smallest absolute Gasteiger partial charge is 0.151 e. The molecule has 5 heteroatoms. The van der Waals surface area contributed by atoms with Crippen LogP contribution in [0, 0.1) is 0 Å². The van der Waals surface area contributed by atoms with Gasteiger partial charge in [0.15, 0.2) is 9.84 Å². The van der Waals surface area contributed by atoms with Gasteiger partial charge in [0.05, 0.1) is 17.0 Å². The fourth-order valence-electron chi connectivity index (χ4n) is 2.41. The molecule has 17 heavy (non-hydrogen) atoms. The van der Waals surface area contributed by atoms with Crippen LogP contribution in [0.5, 0.6) is 0 Å². The van der Waals surface area contributed by atoms with E-state index in [-0.39, 0.29) is 28.7 Å². The number of sulfone groups is 1. The van der Waals surface area contributed by atoms with Gasteiger partial charge in [-0.25, -0.2) is 8.42 Å². The minimum absolute atomic E-state index is 0.134. The van der Waals surface area contributed by atoms with E-state index in [0.717, 1.165) is 6.42 Å². The van der Waals surface area contributed by atoms with Gasteiger partial charge in [-0.15, -0.1) is 0 Å². The molecule has 1 unspecified atom stereocenters. The number of hydrogen-bond donors (Lipinski definition) is 1. The van der Waals surface area contributed by atoms with Crippen molar-refractivity contribution in [1.82, 2.24) is 5.32 Å². The summed E-state index contributed by atoms with van der Waals surface area (Å²) in [6.07, 6.45) is 0.909. The Hall–Kier alpha value is -0.130. The highest BCUT2D eigenvalue weighted by atomic mass is 32.2. The first-order valence-electron chi connectivity index (χ1n) is 6.22. The zero-order valence-electron chi connectivity index (χ0n) is 11.5. The largest absolute Gasteiger partial charge is 0.368 e. The molecule has 1 rings (SSSR count). The molecule has 4 nitrogen and oxygen atoms in total. The Morgan fingerprint density at radius 3 is 2.29 bits per heavy atom. The van der Waals surface area contributed by atoms with Crippen molar-refractivity contribution in [3.63, 3.8) is 0 Å². The van der Waals surface area contributed by atoms with Crippen molar-refractivity contribution in [2.75, 3.05) is 18.1 Å². The Bertz CT molecular complexity index is 360. The highest BCUT2D eigenvalue weighted by Gasteiger charge is 2.45. The average molecular weight is 263 g/mol. The summed E-state index contributed by atoms with van der Waals surface area (Å²) >= 11 is 0. The van der Waals surface area contributed by atoms with Crippen molar-refractivity contribution < 1.29 is 13.2 Å². The van der Waals surface area contributed by atoms with Gasteiger partial charge in [-0.05, 0) is 34.1 Å². The van der Waals surface area contributed by atoms with Crippen LogP contribution in [0.4, 0.5) is 0 Å². The molecule has 0 spiro atoms. The number of ether oxygens (including phenoxy) is 1. The van der Waals surface area contributed by atoms with Crippen LogP contribution in [0.1, 0.15) is 41.0 Å². The molecule has 1 fully saturated rings. The lowest BCUT2D eigenvalue weighted by Crippen LogP contribution is -2.45. The van der Waals surface area contributed by atoms with Gasteiger partial charge in [0.25, 0.3) is 0 Å². The summed E-state index contributed by atoms with van der Waals surface area (Å²) in [6.45, 7) is 10.4. The number of nitrogens with one attached hydrogen (secondary N) is 1. The molecule has 1 heterocycles. The molecule has 0 aromatic carbocycles. The second kappa shape index (κ2) is 4.86. The Labute approximate surface area is 105 Å². The molecule has 0 aromatic rings. The van der Waals surface area contributed by atoms with E-state index in [0.29, 0.717) is 6.54 Å². The molecule has 0 bridgehead atoms. The van der Waals surface area contributed by atoms with Crippen LogP contribution in [0.3, 0.4) is 0 Å². The van der Waals surface area contributed by atoms with Gasteiger partial charge in [0, 0.05) is 18.3 Å². The summed E-state index contributed by atoms with van der Waals surface area (Å²) in [5.41, 5.74) is -0.371. The lowest BCUT2D eigenvalue weighted by molar-refractivity contribution is -0.0696. The van der Waals surface area contributed by atoms with Crippen molar-refractivity contribution in [3.8, 4) is 0 Å². The molecule has 0 radical (unpaired) electrons. The van der Waals surface area contributed by atoms with Crippen LogP contribution < -0.4 is 5.32 Å². The molecule has 1 aliphatic heterocycles. The fourth-order valence-corrected chi connectivity index (χ4v) is 3.13. The third-order valence-electron chi connectivity index (χ3n) is 3.32. The fraction of sp³-hybridized carbons (Fsp3) is 1.00. The lowest BCUT2D eigenvalue weighted by atomic mass is 9.94. The second-order valence-corrected chi connectivity index (χ2v) is 8.39. The Balaban J connectivity index is 2.48. The molecule has 0 saturated carbocycles. The van der Waals surface area contributed by atoms with Crippen LogP contribution >= 0.6 is 0 Å². The van der Waals surface area contributed by atoms with Crippen LogP contribution in [0.25, 0.3) is 0 Å². The van der Waals surface area contributed by atoms with Crippen molar-refractivity contribution in [1.29, 1.82) is 0 Å². The molecule has 0 aliphatic carbocycles. The topological polar surface area (TPSA) is 55.4 Å². The van der Waals surface area contributed by atoms with Crippen molar-refractivity contribution >= 4 is 9.84 Å². The lowest BCUT2D eigenvalue weighted by Gasteiger charge is -2.27. The molecule has 1 aliphatic rings. The maximum absolute atomic E-state index is 11.4.